The van der Waals surface area contributed by atoms with Crippen LogP contribution >= 0.6 is 0 Å². The van der Waals surface area contributed by atoms with E-state index >= 15 is 0 Å². The van der Waals surface area contributed by atoms with Gasteiger partial charge in [-0.05, 0) is 0 Å². The second-order valence-electron chi connectivity index (χ2n) is 2.53. The highest BCUT2D eigenvalue weighted by Gasteiger charge is 1.95. The molecule has 0 N–H and O–H groups in total. The van der Waals surface area contributed by atoms with E-state index in [-0.39, 0.29) is 0 Å². The molecule has 3 nitrogen and oxygen atoms in total. The zero-order valence-corrected chi connectivity index (χ0v) is 6.96. The molecule has 0 amide bonds. The third kappa shape index (κ3) is 3.12. The van der Waals surface area contributed by atoms with Crippen molar-refractivity contribution < 1.29 is 4.79 Å². The van der Waals surface area contributed by atoms with Gasteiger partial charge in [-0.1, -0.05) is 0 Å². The number of rotatable bonds is 3. The molecule has 0 aromatic rings. The molecule has 0 atom stereocenters. The maximum atomic E-state index is 10.3. The van der Waals surface area contributed by atoms with Gasteiger partial charge in [0, 0.05) is 34.4 Å². The maximum absolute atomic E-state index is 10.3. The maximum Gasteiger partial charge on any atom is 0.167 e. The summed E-state index contributed by atoms with van der Waals surface area (Å²) < 4.78 is 0. The number of nitrogens with zero attached hydrogens (tertiary/aromatic N) is 2. The van der Waals surface area contributed by atoms with E-state index in [4.69, 9.17) is 0 Å². The summed E-state index contributed by atoms with van der Waals surface area (Å²) in [6.07, 6.45) is 2.60. The number of hydrogen-bond acceptors (Lipinski definition) is 3. The topological polar surface area (TPSA) is 23.6 Å². The number of hydrogen-bond donors (Lipinski definition) is 0. The van der Waals surface area contributed by atoms with Crippen LogP contribution < -0.4 is 0 Å². The van der Waals surface area contributed by atoms with E-state index in [1.54, 1.807) is 11.1 Å². The summed E-state index contributed by atoms with van der Waals surface area (Å²) in [7, 11) is 7.44. The van der Waals surface area contributed by atoms with Crippen molar-refractivity contribution >= 4 is 6.29 Å². The van der Waals surface area contributed by atoms with E-state index in [1.165, 1.54) is 0 Å². The van der Waals surface area contributed by atoms with Crippen LogP contribution in [0.3, 0.4) is 0 Å². The fourth-order valence-corrected chi connectivity index (χ4v) is 0.516. The second kappa shape index (κ2) is 3.93. The van der Waals surface area contributed by atoms with Crippen molar-refractivity contribution in [3.63, 3.8) is 0 Å². The molecule has 0 bridgehead atoms. The molecular weight excluding hydrogens is 128 g/mol. The van der Waals surface area contributed by atoms with Crippen LogP contribution in [0.25, 0.3) is 0 Å². The average Bonchev–Trinajstić information content (AvgIpc) is 1.81. The standard InChI is InChI=1S/C7H14N2O/c1-8(2)5-7(6-10)9(3)4/h5-6H,1-4H3/b7-5+. The van der Waals surface area contributed by atoms with Crippen LogP contribution in [0.15, 0.2) is 11.9 Å². The lowest BCUT2D eigenvalue weighted by Gasteiger charge is -2.14. The second-order valence-corrected chi connectivity index (χ2v) is 2.53. The van der Waals surface area contributed by atoms with Crippen molar-refractivity contribution in [3.8, 4) is 0 Å². The zero-order chi connectivity index (χ0) is 8.15. The quantitative estimate of drug-likeness (QED) is 0.414. The van der Waals surface area contributed by atoms with Gasteiger partial charge in [-0.2, -0.15) is 0 Å². The van der Waals surface area contributed by atoms with Gasteiger partial charge in [0.05, 0.1) is 5.70 Å². The summed E-state index contributed by atoms with van der Waals surface area (Å²) in [6, 6.07) is 0. The van der Waals surface area contributed by atoms with Crippen LogP contribution in [0, 0.1) is 0 Å². The summed E-state index contributed by atoms with van der Waals surface area (Å²) in [5, 5.41) is 0. The fourth-order valence-electron chi connectivity index (χ4n) is 0.516. The Morgan fingerprint density at radius 2 is 1.70 bits per heavy atom. The lowest BCUT2D eigenvalue weighted by Crippen LogP contribution is -2.15. The lowest BCUT2D eigenvalue weighted by molar-refractivity contribution is -0.106. The summed E-state index contributed by atoms with van der Waals surface area (Å²) in [5.41, 5.74) is 0.671. The molecule has 0 aliphatic carbocycles. The lowest BCUT2D eigenvalue weighted by atomic mass is 10.4. The van der Waals surface area contributed by atoms with Crippen molar-refractivity contribution in [2.75, 3.05) is 28.2 Å². The summed E-state index contributed by atoms with van der Waals surface area (Å²) in [6.45, 7) is 0. The smallest absolute Gasteiger partial charge is 0.167 e. The molecule has 3 heteroatoms. The van der Waals surface area contributed by atoms with Crippen LogP contribution in [0.1, 0.15) is 0 Å². The molecule has 0 aliphatic rings. The predicted octanol–water partition coefficient (Wildman–Crippen LogP) is 0.150. The Hall–Kier alpha value is -0.990. The highest BCUT2D eigenvalue weighted by molar-refractivity contribution is 5.71. The Labute approximate surface area is 61.9 Å². The number of carbonyl (C=O) groups excluding carboxylic acids is 1. The van der Waals surface area contributed by atoms with Gasteiger partial charge in [0.1, 0.15) is 0 Å². The predicted molar refractivity (Wildman–Crippen MR) is 41.5 cm³/mol. The zero-order valence-electron chi connectivity index (χ0n) is 6.96. The molecule has 0 unspecified atom stereocenters. The third-order valence-electron chi connectivity index (χ3n) is 1.03. The average molecular weight is 142 g/mol. The Bertz CT molecular complexity index is 139. The van der Waals surface area contributed by atoms with Gasteiger partial charge in [-0.3, -0.25) is 4.79 Å². The molecule has 0 aliphatic heterocycles. The molecule has 0 heterocycles. The molecule has 0 aromatic heterocycles. The molecule has 10 heavy (non-hydrogen) atoms. The van der Waals surface area contributed by atoms with E-state index in [2.05, 4.69) is 0 Å². The molecule has 0 spiro atoms. The van der Waals surface area contributed by atoms with Crippen molar-refractivity contribution in [1.29, 1.82) is 0 Å². The van der Waals surface area contributed by atoms with Gasteiger partial charge in [-0.25, -0.2) is 0 Å². The van der Waals surface area contributed by atoms with Gasteiger partial charge in [-0.15, -0.1) is 0 Å². The Kier molecular flexibility index (Phi) is 3.54. The highest BCUT2D eigenvalue weighted by atomic mass is 16.1. The first-order valence-electron chi connectivity index (χ1n) is 3.08. The Morgan fingerprint density at radius 1 is 1.20 bits per heavy atom. The van der Waals surface area contributed by atoms with E-state index < -0.39 is 0 Å². The minimum atomic E-state index is 0.671. The van der Waals surface area contributed by atoms with Gasteiger partial charge in [0.15, 0.2) is 6.29 Å². The monoisotopic (exact) mass is 142 g/mol. The molecular formula is C7H14N2O. The van der Waals surface area contributed by atoms with Crippen LogP contribution in [-0.4, -0.2) is 44.3 Å². The minimum absolute atomic E-state index is 0.671. The van der Waals surface area contributed by atoms with Crippen LogP contribution in [0.2, 0.25) is 0 Å². The minimum Gasteiger partial charge on any atom is -0.382 e. The fraction of sp³-hybridized carbons (Fsp3) is 0.571. The Morgan fingerprint density at radius 3 is 1.80 bits per heavy atom. The SMILES string of the molecule is CN(C)/C=C(\C=O)N(C)C. The summed E-state index contributed by atoms with van der Waals surface area (Å²) in [5.74, 6) is 0. The van der Waals surface area contributed by atoms with Gasteiger partial charge >= 0.3 is 0 Å². The largest absolute Gasteiger partial charge is 0.382 e. The number of carbonyl (C=O) groups is 1. The highest BCUT2D eigenvalue weighted by Crippen LogP contribution is 1.93. The molecule has 0 radical (unpaired) electrons. The van der Waals surface area contributed by atoms with Crippen LogP contribution in [-0.2, 0) is 4.79 Å². The number of allylic oxidation sites excluding steroid dienone is 1. The first-order chi connectivity index (χ1) is 4.57. The van der Waals surface area contributed by atoms with Crippen molar-refractivity contribution in [2.45, 2.75) is 0 Å². The first-order valence-corrected chi connectivity index (χ1v) is 3.08. The molecule has 0 saturated carbocycles. The molecule has 0 fully saturated rings. The van der Waals surface area contributed by atoms with Gasteiger partial charge < -0.3 is 9.80 Å². The van der Waals surface area contributed by atoms with E-state index in [0.29, 0.717) is 5.70 Å². The van der Waals surface area contributed by atoms with Gasteiger partial charge in [0.2, 0.25) is 0 Å². The third-order valence-corrected chi connectivity index (χ3v) is 1.03. The molecule has 0 rings (SSSR count). The molecule has 0 saturated heterocycles. The summed E-state index contributed by atoms with van der Waals surface area (Å²) in [4.78, 5) is 14.0. The van der Waals surface area contributed by atoms with Crippen LogP contribution in [0.5, 0.6) is 0 Å². The van der Waals surface area contributed by atoms with Gasteiger partial charge in [0.25, 0.3) is 0 Å². The van der Waals surface area contributed by atoms with Crippen molar-refractivity contribution in [3.05, 3.63) is 11.9 Å². The Balaban J connectivity index is 4.18. The van der Waals surface area contributed by atoms with E-state index in [9.17, 15) is 4.79 Å². The van der Waals surface area contributed by atoms with E-state index in [0.717, 1.165) is 6.29 Å². The number of likely N-dealkylation sites (N-methyl/N-ethyl adjacent to an activating group) is 1. The summed E-state index contributed by atoms with van der Waals surface area (Å²) >= 11 is 0. The normalized spacial score (nSPS) is 11.0. The van der Waals surface area contributed by atoms with Crippen LogP contribution in [0.4, 0.5) is 0 Å². The first kappa shape index (κ1) is 9.01. The van der Waals surface area contributed by atoms with Crippen molar-refractivity contribution in [2.24, 2.45) is 0 Å². The van der Waals surface area contributed by atoms with Crippen molar-refractivity contribution in [1.82, 2.24) is 9.80 Å². The molecule has 58 valence electrons. The van der Waals surface area contributed by atoms with E-state index in [1.807, 2.05) is 33.1 Å². The molecule has 0 aromatic carbocycles. The number of aldehydes is 1.